The van der Waals surface area contributed by atoms with Gasteiger partial charge in [-0.15, -0.1) is 0 Å². The summed E-state index contributed by atoms with van der Waals surface area (Å²) in [5.41, 5.74) is 7.54. The molecule has 19 heavy (non-hydrogen) atoms. The maximum Gasteiger partial charge on any atom is 0.256 e. The van der Waals surface area contributed by atoms with E-state index in [9.17, 15) is 4.39 Å². The monoisotopic (exact) mass is 280 g/mol. The second-order valence-corrected chi connectivity index (χ2v) is 4.64. The molecule has 2 N–H and O–H groups in total. The number of hydrogen-bond donors (Lipinski definition) is 1. The first-order valence-electron chi connectivity index (χ1n) is 5.81. The van der Waals surface area contributed by atoms with E-state index in [1.54, 1.807) is 12.1 Å². The molecule has 1 aromatic carbocycles. The van der Waals surface area contributed by atoms with E-state index in [0.29, 0.717) is 16.3 Å². The van der Waals surface area contributed by atoms with Crippen molar-refractivity contribution >= 4 is 11.6 Å². The molecule has 100 valence electrons. The SMILES string of the molecule is Cc1cc(Oc2nccc(CN)c2F)cc(C)c1Cl. The zero-order chi connectivity index (χ0) is 14.0. The van der Waals surface area contributed by atoms with Gasteiger partial charge < -0.3 is 10.5 Å². The van der Waals surface area contributed by atoms with Gasteiger partial charge in [0.1, 0.15) is 5.75 Å². The Bertz CT molecular complexity index is 593. The van der Waals surface area contributed by atoms with Crippen molar-refractivity contribution in [2.45, 2.75) is 20.4 Å². The highest BCUT2D eigenvalue weighted by atomic mass is 35.5. The van der Waals surface area contributed by atoms with Crippen LogP contribution in [0.1, 0.15) is 16.7 Å². The molecular weight excluding hydrogens is 267 g/mol. The number of aryl methyl sites for hydroxylation is 2. The second kappa shape index (κ2) is 5.55. The average Bonchev–Trinajstić information content (AvgIpc) is 2.38. The Morgan fingerprint density at radius 3 is 2.53 bits per heavy atom. The Kier molecular flexibility index (Phi) is 4.02. The predicted octanol–water partition coefficient (Wildman–Crippen LogP) is 3.74. The van der Waals surface area contributed by atoms with Crippen molar-refractivity contribution in [2.75, 3.05) is 0 Å². The fraction of sp³-hybridized carbons (Fsp3) is 0.214. The molecule has 2 aromatic rings. The summed E-state index contributed by atoms with van der Waals surface area (Å²) in [5.74, 6) is -0.112. The Balaban J connectivity index is 2.36. The fourth-order valence-electron chi connectivity index (χ4n) is 1.77. The van der Waals surface area contributed by atoms with Gasteiger partial charge in [0.2, 0.25) is 0 Å². The van der Waals surface area contributed by atoms with Gasteiger partial charge in [0, 0.05) is 23.3 Å². The number of rotatable bonds is 3. The van der Waals surface area contributed by atoms with Gasteiger partial charge in [0.05, 0.1) is 0 Å². The van der Waals surface area contributed by atoms with E-state index in [0.717, 1.165) is 11.1 Å². The number of aromatic nitrogens is 1. The summed E-state index contributed by atoms with van der Waals surface area (Å²) >= 11 is 6.07. The fourth-order valence-corrected chi connectivity index (χ4v) is 1.88. The van der Waals surface area contributed by atoms with E-state index < -0.39 is 5.82 Å². The molecule has 0 fully saturated rings. The lowest BCUT2D eigenvalue weighted by Crippen LogP contribution is -2.02. The summed E-state index contributed by atoms with van der Waals surface area (Å²) in [6, 6.07) is 5.01. The first-order valence-corrected chi connectivity index (χ1v) is 6.18. The van der Waals surface area contributed by atoms with Crippen molar-refractivity contribution in [1.82, 2.24) is 4.98 Å². The van der Waals surface area contributed by atoms with Crippen LogP contribution in [0, 0.1) is 19.7 Å². The summed E-state index contributed by atoms with van der Waals surface area (Å²) in [7, 11) is 0. The molecule has 0 saturated carbocycles. The van der Waals surface area contributed by atoms with Gasteiger partial charge in [-0.3, -0.25) is 0 Å². The average molecular weight is 281 g/mol. The van der Waals surface area contributed by atoms with Crippen LogP contribution in [0.4, 0.5) is 4.39 Å². The van der Waals surface area contributed by atoms with Gasteiger partial charge in [-0.2, -0.15) is 0 Å². The Labute approximate surface area is 116 Å². The number of halogens is 2. The van der Waals surface area contributed by atoms with Gasteiger partial charge in [-0.25, -0.2) is 9.37 Å². The zero-order valence-electron chi connectivity index (χ0n) is 10.7. The summed E-state index contributed by atoms with van der Waals surface area (Å²) in [4.78, 5) is 3.88. The molecule has 5 heteroatoms. The van der Waals surface area contributed by atoms with Crippen LogP contribution >= 0.6 is 11.6 Å². The van der Waals surface area contributed by atoms with E-state index in [1.807, 2.05) is 13.8 Å². The van der Waals surface area contributed by atoms with Crippen LogP contribution in [-0.4, -0.2) is 4.98 Å². The lowest BCUT2D eigenvalue weighted by molar-refractivity contribution is 0.418. The molecule has 1 aromatic heterocycles. The van der Waals surface area contributed by atoms with Crippen molar-refractivity contribution in [3.63, 3.8) is 0 Å². The highest BCUT2D eigenvalue weighted by Gasteiger charge is 2.12. The minimum Gasteiger partial charge on any atom is -0.436 e. The summed E-state index contributed by atoms with van der Waals surface area (Å²) in [6.45, 7) is 3.83. The van der Waals surface area contributed by atoms with Crippen LogP contribution in [0.15, 0.2) is 24.4 Å². The normalized spacial score (nSPS) is 10.6. The Morgan fingerprint density at radius 1 is 1.32 bits per heavy atom. The minimum atomic E-state index is -0.532. The summed E-state index contributed by atoms with van der Waals surface area (Å²) < 4.78 is 19.4. The number of pyridine rings is 1. The lowest BCUT2D eigenvalue weighted by Gasteiger charge is -2.10. The second-order valence-electron chi connectivity index (χ2n) is 4.27. The third kappa shape index (κ3) is 2.85. The first kappa shape index (κ1) is 13.8. The number of hydrogen-bond acceptors (Lipinski definition) is 3. The van der Waals surface area contributed by atoms with Gasteiger partial charge in [-0.1, -0.05) is 11.6 Å². The summed E-state index contributed by atoms with van der Waals surface area (Å²) in [6.07, 6.45) is 1.47. The molecule has 0 atom stereocenters. The van der Waals surface area contributed by atoms with Crippen LogP contribution in [0.25, 0.3) is 0 Å². The zero-order valence-corrected chi connectivity index (χ0v) is 11.5. The summed E-state index contributed by atoms with van der Waals surface area (Å²) in [5, 5.41) is 0.677. The van der Waals surface area contributed by atoms with E-state index >= 15 is 0 Å². The van der Waals surface area contributed by atoms with Gasteiger partial charge in [-0.05, 0) is 43.2 Å². The van der Waals surface area contributed by atoms with Gasteiger partial charge in [0.15, 0.2) is 5.82 Å². The molecule has 0 saturated heterocycles. The number of nitrogens with zero attached hydrogens (tertiary/aromatic N) is 1. The molecular formula is C14H14ClFN2O. The topological polar surface area (TPSA) is 48.1 Å². The van der Waals surface area contributed by atoms with Crippen molar-refractivity contribution in [1.29, 1.82) is 0 Å². The molecule has 0 amide bonds. The smallest absolute Gasteiger partial charge is 0.256 e. The van der Waals surface area contributed by atoms with Crippen LogP contribution in [0.5, 0.6) is 11.6 Å². The quantitative estimate of drug-likeness (QED) is 0.932. The van der Waals surface area contributed by atoms with Crippen molar-refractivity contribution in [3.05, 3.63) is 51.9 Å². The van der Waals surface area contributed by atoms with Crippen molar-refractivity contribution in [3.8, 4) is 11.6 Å². The van der Waals surface area contributed by atoms with Gasteiger partial charge >= 0.3 is 0 Å². The Morgan fingerprint density at radius 2 is 1.95 bits per heavy atom. The van der Waals surface area contributed by atoms with Crippen LogP contribution < -0.4 is 10.5 Å². The van der Waals surface area contributed by atoms with Crippen molar-refractivity contribution < 1.29 is 9.13 Å². The molecule has 0 bridgehead atoms. The predicted molar refractivity (Wildman–Crippen MR) is 73.1 cm³/mol. The van der Waals surface area contributed by atoms with E-state index in [1.165, 1.54) is 12.3 Å². The van der Waals surface area contributed by atoms with Gasteiger partial charge in [0.25, 0.3) is 5.88 Å². The highest BCUT2D eigenvalue weighted by molar-refractivity contribution is 6.32. The number of nitrogens with two attached hydrogens (primary N) is 1. The van der Waals surface area contributed by atoms with E-state index in [2.05, 4.69) is 4.98 Å². The van der Waals surface area contributed by atoms with E-state index in [-0.39, 0.29) is 12.4 Å². The van der Waals surface area contributed by atoms with Crippen LogP contribution in [0.2, 0.25) is 5.02 Å². The molecule has 0 spiro atoms. The van der Waals surface area contributed by atoms with Crippen LogP contribution in [-0.2, 0) is 6.54 Å². The number of ether oxygens (including phenoxy) is 1. The van der Waals surface area contributed by atoms with E-state index in [4.69, 9.17) is 22.1 Å². The highest BCUT2D eigenvalue weighted by Crippen LogP contribution is 2.29. The molecule has 0 aliphatic rings. The Hall–Kier alpha value is -1.65. The van der Waals surface area contributed by atoms with Crippen molar-refractivity contribution in [2.24, 2.45) is 5.73 Å². The molecule has 0 aliphatic carbocycles. The number of benzene rings is 1. The molecule has 1 heterocycles. The standard InChI is InChI=1S/C14H14ClFN2O/c1-8-5-11(6-9(2)12(8)15)19-14-13(16)10(7-17)3-4-18-14/h3-6H,7,17H2,1-2H3. The lowest BCUT2D eigenvalue weighted by atomic mass is 10.1. The maximum atomic E-state index is 13.9. The molecule has 0 unspecified atom stereocenters. The first-order chi connectivity index (χ1) is 9.02. The van der Waals surface area contributed by atoms with Crippen LogP contribution in [0.3, 0.4) is 0 Å². The third-order valence-corrected chi connectivity index (χ3v) is 3.38. The third-order valence-electron chi connectivity index (χ3n) is 2.78. The largest absolute Gasteiger partial charge is 0.436 e. The molecule has 2 rings (SSSR count). The maximum absolute atomic E-state index is 13.9. The minimum absolute atomic E-state index is 0.0796. The molecule has 0 radical (unpaired) electrons. The molecule has 0 aliphatic heterocycles. The molecule has 3 nitrogen and oxygen atoms in total.